The first-order valence-corrected chi connectivity index (χ1v) is 9.98. The summed E-state index contributed by atoms with van der Waals surface area (Å²) in [5.41, 5.74) is 2.79. The Morgan fingerprint density at radius 2 is 1.55 bits per heavy atom. The molecule has 1 aliphatic heterocycles. The van der Waals surface area contributed by atoms with Gasteiger partial charge in [-0.1, -0.05) is 30.3 Å². The summed E-state index contributed by atoms with van der Waals surface area (Å²) in [6, 6.07) is 25.2. The van der Waals surface area contributed by atoms with Crippen LogP contribution in [0.25, 0.3) is 0 Å². The van der Waals surface area contributed by atoms with Gasteiger partial charge < -0.3 is 20.3 Å². The molecule has 1 heterocycles. The molecule has 29 heavy (non-hydrogen) atoms. The first kappa shape index (κ1) is 18.9. The fourth-order valence-electron chi connectivity index (χ4n) is 3.43. The third-order valence-corrected chi connectivity index (χ3v) is 4.92. The van der Waals surface area contributed by atoms with Gasteiger partial charge in [-0.25, -0.2) is 0 Å². The number of nitrogens with one attached hydrogen (secondary N) is 2. The molecule has 0 saturated carbocycles. The maximum atomic E-state index is 12.4. The van der Waals surface area contributed by atoms with Crippen molar-refractivity contribution in [3.63, 3.8) is 0 Å². The van der Waals surface area contributed by atoms with Crippen molar-refractivity contribution in [1.82, 2.24) is 0 Å². The number of hydrogen-bond acceptors (Lipinski definition) is 4. The molecule has 3 aromatic carbocycles. The molecule has 1 aliphatic rings. The molecule has 148 valence electrons. The molecule has 2 N–H and O–H groups in total. The highest BCUT2D eigenvalue weighted by Crippen LogP contribution is 2.29. The minimum absolute atomic E-state index is 0.103. The van der Waals surface area contributed by atoms with Crippen LogP contribution in [0.3, 0.4) is 0 Å². The van der Waals surface area contributed by atoms with Gasteiger partial charge in [0.05, 0.1) is 12.2 Å². The molecule has 0 aliphatic carbocycles. The van der Waals surface area contributed by atoms with E-state index in [1.54, 1.807) is 0 Å². The monoisotopic (exact) mass is 387 g/mol. The molecule has 1 amide bonds. The van der Waals surface area contributed by atoms with Crippen molar-refractivity contribution >= 4 is 23.0 Å². The highest BCUT2D eigenvalue weighted by Gasteiger charge is 2.12. The largest absolute Gasteiger partial charge is 0.455 e. The van der Waals surface area contributed by atoms with E-state index in [1.165, 1.54) is 18.5 Å². The smallest absolute Gasteiger partial charge is 0.243 e. The summed E-state index contributed by atoms with van der Waals surface area (Å²) < 4.78 is 5.92. The third-order valence-electron chi connectivity index (χ3n) is 4.92. The molecule has 1 fully saturated rings. The van der Waals surface area contributed by atoms with Gasteiger partial charge in [0, 0.05) is 24.5 Å². The lowest BCUT2D eigenvalue weighted by Crippen LogP contribution is -2.22. The Hall–Kier alpha value is -3.47. The molecule has 4 rings (SSSR count). The number of benzene rings is 3. The normalized spacial score (nSPS) is 13.2. The lowest BCUT2D eigenvalue weighted by molar-refractivity contribution is -0.114. The van der Waals surface area contributed by atoms with E-state index in [2.05, 4.69) is 27.7 Å². The fourth-order valence-corrected chi connectivity index (χ4v) is 3.43. The van der Waals surface area contributed by atoms with E-state index < -0.39 is 0 Å². The Bertz CT molecular complexity index is 936. The van der Waals surface area contributed by atoms with Gasteiger partial charge >= 0.3 is 0 Å². The lowest BCUT2D eigenvalue weighted by atomic mass is 10.2. The minimum Gasteiger partial charge on any atom is -0.455 e. The van der Waals surface area contributed by atoms with Gasteiger partial charge in [0.2, 0.25) is 5.91 Å². The zero-order valence-corrected chi connectivity index (χ0v) is 16.3. The molecule has 0 unspecified atom stereocenters. The van der Waals surface area contributed by atoms with Crippen molar-refractivity contribution in [3.05, 3.63) is 78.9 Å². The third kappa shape index (κ3) is 5.08. The first-order valence-electron chi connectivity index (χ1n) is 9.98. The number of nitrogens with zero attached hydrogens (tertiary/aromatic N) is 1. The molecule has 0 spiro atoms. The van der Waals surface area contributed by atoms with Gasteiger partial charge in [0.15, 0.2) is 5.75 Å². The Morgan fingerprint density at radius 3 is 2.31 bits per heavy atom. The Morgan fingerprint density at radius 1 is 0.862 bits per heavy atom. The summed E-state index contributed by atoms with van der Waals surface area (Å²) in [6.07, 6.45) is 2.50. The highest BCUT2D eigenvalue weighted by molar-refractivity contribution is 5.94. The molecular formula is C24H25N3O2. The zero-order valence-electron chi connectivity index (χ0n) is 16.3. The van der Waals surface area contributed by atoms with Gasteiger partial charge in [-0.3, -0.25) is 4.79 Å². The Labute approximate surface area is 171 Å². The average Bonchev–Trinajstić information content (AvgIpc) is 3.29. The maximum absolute atomic E-state index is 12.4. The van der Waals surface area contributed by atoms with Crippen LogP contribution < -0.4 is 20.3 Å². The van der Waals surface area contributed by atoms with Crippen LogP contribution >= 0.6 is 0 Å². The van der Waals surface area contributed by atoms with E-state index in [1.807, 2.05) is 66.7 Å². The van der Waals surface area contributed by atoms with Crippen LogP contribution in [0.1, 0.15) is 12.8 Å². The lowest BCUT2D eigenvalue weighted by Gasteiger charge is -2.18. The Kier molecular flexibility index (Phi) is 5.95. The predicted molar refractivity (Wildman–Crippen MR) is 118 cm³/mol. The van der Waals surface area contributed by atoms with E-state index in [0.717, 1.165) is 30.2 Å². The SMILES string of the molecule is O=C(CNc1ccccc1Oc1ccccc1)Nc1ccc(N2CCCC2)cc1. The molecule has 0 atom stereocenters. The van der Waals surface area contributed by atoms with E-state index >= 15 is 0 Å². The molecule has 0 radical (unpaired) electrons. The standard InChI is InChI=1S/C24H25N3O2/c28-24(26-19-12-14-20(15-13-19)27-16-6-7-17-27)18-25-22-10-4-5-11-23(22)29-21-8-2-1-3-9-21/h1-5,8-15,25H,6-7,16-18H2,(H,26,28). The molecular weight excluding hydrogens is 362 g/mol. The number of amides is 1. The summed E-state index contributed by atoms with van der Waals surface area (Å²) in [5.74, 6) is 1.33. The van der Waals surface area contributed by atoms with Gasteiger partial charge in [0.25, 0.3) is 0 Å². The van der Waals surface area contributed by atoms with Gasteiger partial charge in [0.1, 0.15) is 5.75 Å². The van der Waals surface area contributed by atoms with Crippen LogP contribution in [0.4, 0.5) is 17.1 Å². The van der Waals surface area contributed by atoms with E-state index in [4.69, 9.17) is 4.74 Å². The van der Waals surface area contributed by atoms with Crippen molar-refractivity contribution in [2.75, 3.05) is 35.2 Å². The first-order chi connectivity index (χ1) is 14.3. The minimum atomic E-state index is -0.103. The molecule has 1 saturated heterocycles. The van der Waals surface area contributed by atoms with Crippen molar-refractivity contribution in [2.45, 2.75) is 12.8 Å². The number of ether oxygens (including phenoxy) is 1. The zero-order chi connectivity index (χ0) is 19.9. The van der Waals surface area contributed by atoms with Crippen molar-refractivity contribution in [3.8, 4) is 11.5 Å². The highest BCUT2D eigenvalue weighted by atomic mass is 16.5. The van der Waals surface area contributed by atoms with Gasteiger partial charge in [-0.05, 0) is 61.4 Å². The maximum Gasteiger partial charge on any atom is 0.243 e. The van der Waals surface area contributed by atoms with Gasteiger partial charge in [-0.15, -0.1) is 0 Å². The summed E-state index contributed by atoms with van der Waals surface area (Å²) in [6.45, 7) is 2.38. The second-order valence-electron chi connectivity index (χ2n) is 7.05. The van der Waals surface area contributed by atoms with Crippen LogP contribution in [-0.2, 0) is 4.79 Å². The number of rotatable bonds is 7. The second-order valence-corrected chi connectivity index (χ2v) is 7.05. The van der Waals surface area contributed by atoms with Crippen LogP contribution in [0, 0.1) is 0 Å². The van der Waals surface area contributed by atoms with E-state index in [9.17, 15) is 4.79 Å². The average molecular weight is 387 g/mol. The number of anilines is 3. The molecule has 0 bridgehead atoms. The van der Waals surface area contributed by atoms with Crippen LogP contribution in [0.2, 0.25) is 0 Å². The topological polar surface area (TPSA) is 53.6 Å². The second kappa shape index (κ2) is 9.15. The summed E-state index contributed by atoms with van der Waals surface area (Å²) in [5, 5.41) is 6.10. The summed E-state index contributed by atoms with van der Waals surface area (Å²) in [7, 11) is 0. The number of hydrogen-bond donors (Lipinski definition) is 2. The van der Waals surface area contributed by atoms with Crippen molar-refractivity contribution in [1.29, 1.82) is 0 Å². The van der Waals surface area contributed by atoms with Crippen LogP contribution in [-0.4, -0.2) is 25.5 Å². The molecule has 0 aromatic heterocycles. The summed E-state index contributed by atoms with van der Waals surface area (Å²) in [4.78, 5) is 14.7. The molecule has 3 aromatic rings. The van der Waals surface area contributed by atoms with E-state index in [0.29, 0.717) is 5.75 Å². The van der Waals surface area contributed by atoms with Crippen LogP contribution in [0.5, 0.6) is 11.5 Å². The number of carbonyl (C=O) groups is 1. The number of carbonyl (C=O) groups excluding carboxylic acids is 1. The van der Waals surface area contributed by atoms with Gasteiger partial charge in [-0.2, -0.15) is 0 Å². The fraction of sp³-hybridized carbons (Fsp3) is 0.208. The predicted octanol–water partition coefficient (Wildman–Crippen LogP) is 5.13. The van der Waals surface area contributed by atoms with Crippen molar-refractivity contribution < 1.29 is 9.53 Å². The van der Waals surface area contributed by atoms with Crippen LogP contribution in [0.15, 0.2) is 78.9 Å². The molecule has 5 nitrogen and oxygen atoms in total. The Balaban J connectivity index is 1.33. The van der Waals surface area contributed by atoms with Crippen molar-refractivity contribution in [2.24, 2.45) is 0 Å². The summed E-state index contributed by atoms with van der Waals surface area (Å²) >= 11 is 0. The van der Waals surface area contributed by atoms with E-state index in [-0.39, 0.29) is 12.5 Å². The quantitative estimate of drug-likeness (QED) is 0.590. The number of para-hydroxylation sites is 3. The molecule has 5 heteroatoms.